The van der Waals surface area contributed by atoms with Gasteiger partial charge < -0.3 is 20.9 Å². The molecule has 1 amide bonds. The molecule has 1 aromatic rings. The van der Waals surface area contributed by atoms with E-state index in [1.807, 2.05) is 0 Å². The summed E-state index contributed by atoms with van der Waals surface area (Å²) >= 11 is 0. The minimum absolute atomic E-state index is 0.0411. The highest BCUT2D eigenvalue weighted by Crippen LogP contribution is 2.21. The molecule has 0 aliphatic rings. The van der Waals surface area contributed by atoms with Crippen molar-refractivity contribution in [1.82, 2.24) is 0 Å². The lowest BCUT2D eigenvalue weighted by atomic mass is 10.0. The van der Waals surface area contributed by atoms with Crippen LogP contribution in [-0.4, -0.2) is 35.6 Å². The maximum atomic E-state index is 11.8. The molecule has 0 saturated heterocycles. The predicted molar refractivity (Wildman–Crippen MR) is 80.6 cm³/mol. The SMILES string of the molecule is CCOC(=O)c1cccc(N[C@@H](CCC(N)=O)C(=O)O)c1C. The number of esters is 1. The third kappa shape index (κ3) is 4.76. The van der Waals surface area contributed by atoms with E-state index in [1.165, 1.54) is 0 Å². The van der Waals surface area contributed by atoms with Gasteiger partial charge in [-0.2, -0.15) is 0 Å². The minimum Gasteiger partial charge on any atom is -0.480 e. The molecule has 0 fully saturated rings. The van der Waals surface area contributed by atoms with E-state index >= 15 is 0 Å². The standard InChI is InChI=1S/C15H20N2O5/c1-3-22-15(21)10-5-4-6-11(9(10)2)17-12(14(19)20)7-8-13(16)18/h4-6,12,17H,3,7-8H2,1-2H3,(H2,16,18)(H,19,20)/t12-/m0/s1. The summed E-state index contributed by atoms with van der Waals surface area (Å²) in [4.78, 5) is 33.9. The minimum atomic E-state index is -1.10. The summed E-state index contributed by atoms with van der Waals surface area (Å²) in [5.74, 6) is -2.13. The first kappa shape index (κ1) is 17.5. The second kappa shape index (κ2) is 8.02. The number of hydrogen-bond donors (Lipinski definition) is 3. The summed E-state index contributed by atoms with van der Waals surface area (Å²) in [6, 6.07) is 3.94. The molecule has 1 rings (SSSR count). The molecular formula is C15H20N2O5. The predicted octanol–water partition coefficient (Wildman–Crippen LogP) is 1.30. The largest absolute Gasteiger partial charge is 0.480 e. The van der Waals surface area contributed by atoms with E-state index in [-0.39, 0.29) is 19.4 Å². The van der Waals surface area contributed by atoms with Gasteiger partial charge in [-0.3, -0.25) is 4.79 Å². The molecule has 0 aromatic heterocycles. The Morgan fingerprint density at radius 1 is 1.36 bits per heavy atom. The van der Waals surface area contributed by atoms with Crippen LogP contribution in [0.1, 0.15) is 35.7 Å². The Bertz CT molecular complexity index is 571. The number of carboxylic acid groups (broad SMARTS) is 1. The van der Waals surface area contributed by atoms with E-state index in [9.17, 15) is 19.5 Å². The van der Waals surface area contributed by atoms with Gasteiger partial charge in [0.1, 0.15) is 6.04 Å². The van der Waals surface area contributed by atoms with Gasteiger partial charge >= 0.3 is 11.9 Å². The maximum Gasteiger partial charge on any atom is 0.338 e. The molecule has 1 atom stereocenters. The third-order valence-corrected chi connectivity index (χ3v) is 3.14. The van der Waals surface area contributed by atoms with E-state index in [4.69, 9.17) is 10.5 Å². The van der Waals surface area contributed by atoms with Gasteiger partial charge in [-0.15, -0.1) is 0 Å². The molecular weight excluding hydrogens is 288 g/mol. The Balaban J connectivity index is 2.95. The van der Waals surface area contributed by atoms with Crippen LogP contribution < -0.4 is 11.1 Å². The Morgan fingerprint density at radius 3 is 2.59 bits per heavy atom. The van der Waals surface area contributed by atoms with Gasteiger partial charge in [-0.1, -0.05) is 6.07 Å². The van der Waals surface area contributed by atoms with Crippen molar-refractivity contribution < 1.29 is 24.2 Å². The lowest BCUT2D eigenvalue weighted by Gasteiger charge is -2.18. The number of amides is 1. The number of hydrogen-bond acceptors (Lipinski definition) is 5. The van der Waals surface area contributed by atoms with Gasteiger partial charge in [0, 0.05) is 12.1 Å². The molecule has 4 N–H and O–H groups in total. The smallest absolute Gasteiger partial charge is 0.338 e. The molecule has 0 saturated carbocycles. The van der Waals surface area contributed by atoms with Crippen molar-refractivity contribution in [3.8, 4) is 0 Å². The molecule has 0 aliphatic carbocycles. The zero-order chi connectivity index (χ0) is 16.7. The van der Waals surface area contributed by atoms with E-state index in [0.717, 1.165) is 0 Å². The van der Waals surface area contributed by atoms with Crippen molar-refractivity contribution in [1.29, 1.82) is 0 Å². The highest BCUT2D eigenvalue weighted by Gasteiger charge is 2.20. The number of rotatable bonds is 8. The van der Waals surface area contributed by atoms with Gasteiger partial charge in [-0.05, 0) is 38.0 Å². The number of anilines is 1. The van der Waals surface area contributed by atoms with Crippen molar-refractivity contribution in [3.63, 3.8) is 0 Å². The van der Waals surface area contributed by atoms with E-state index < -0.39 is 23.9 Å². The number of aliphatic carboxylic acids is 1. The average molecular weight is 308 g/mol. The molecule has 0 aliphatic heterocycles. The van der Waals surface area contributed by atoms with Crippen molar-refractivity contribution in [2.24, 2.45) is 5.73 Å². The molecule has 0 spiro atoms. The number of ether oxygens (including phenoxy) is 1. The fourth-order valence-electron chi connectivity index (χ4n) is 1.95. The van der Waals surface area contributed by atoms with E-state index in [1.54, 1.807) is 32.0 Å². The summed E-state index contributed by atoms with van der Waals surface area (Å²) in [5, 5.41) is 12.0. The summed E-state index contributed by atoms with van der Waals surface area (Å²) in [6.07, 6.45) is 0.0221. The van der Waals surface area contributed by atoms with Gasteiger partial charge in [0.2, 0.25) is 5.91 Å². The zero-order valence-electron chi connectivity index (χ0n) is 12.6. The fourth-order valence-corrected chi connectivity index (χ4v) is 1.95. The summed E-state index contributed by atoms with van der Waals surface area (Å²) < 4.78 is 4.95. The second-order valence-corrected chi connectivity index (χ2v) is 4.74. The molecule has 22 heavy (non-hydrogen) atoms. The number of benzene rings is 1. The number of primary amides is 1. The van der Waals surface area contributed by atoms with Crippen molar-refractivity contribution in [2.75, 3.05) is 11.9 Å². The highest BCUT2D eigenvalue weighted by atomic mass is 16.5. The highest BCUT2D eigenvalue weighted by molar-refractivity contribution is 5.93. The van der Waals surface area contributed by atoms with Crippen molar-refractivity contribution >= 4 is 23.5 Å². The fraction of sp³-hybridized carbons (Fsp3) is 0.400. The van der Waals surface area contributed by atoms with Gasteiger partial charge in [0.15, 0.2) is 0 Å². The number of carbonyl (C=O) groups excluding carboxylic acids is 2. The molecule has 7 nitrogen and oxygen atoms in total. The van der Waals surface area contributed by atoms with Crippen LogP contribution >= 0.6 is 0 Å². The topological polar surface area (TPSA) is 119 Å². The second-order valence-electron chi connectivity index (χ2n) is 4.74. The number of carboxylic acids is 1. The third-order valence-electron chi connectivity index (χ3n) is 3.14. The van der Waals surface area contributed by atoms with Gasteiger partial charge in [-0.25, -0.2) is 9.59 Å². The number of nitrogens with one attached hydrogen (secondary N) is 1. The van der Waals surface area contributed by atoms with Crippen LogP contribution in [0.25, 0.3) is 0 Å². The Morgan fingerprint density at radius 2 is 2.05 bits per heavy atom. The molecule has 7 heteroatoms. The summed E-state index contributed by atoms with van der Waals surface area (Å²) in [7, 11) is 0. The van der Waals surface area contributed by atoms with Crippen LogP contribution in [0.5, 0.6) is 0 Å². The Labute approximate surface area is 128 Å². The molecule has 0 heterocycles. The molecule has 0 unspecified atom stereocenters. The van der Waals surface area contributed by atoms with Crippen LogP contribution in [0.3, 0.4) is 0 Å². The van der Waals surface area contributed by atoms with Crippen LogP contribution in [0.15, 0.2) is 18.2 Å². The number of carbonyl (C=O) groups is 3. The van der Waals surface area contributed by atoms with Crippen LogP contribution in [0, 0.1) is 6.92 Å². The first-order valence-electron chi connectivity index (χ1n) is 6.91. The quantitative estimate of drug-likeness (QED) is 0.623. The monoisotopic (exact) mass is 308 g/mol. The van der Waals surface area contributed by atoms with Crippen LogP contribution in [0.2, 0.25) is 0 Å². The molecule has 0 radical (unpaired) electrons. The van der Waals surface area contributed by atoms with Gasteiger partial charge in [0.05, 0.1) is 12.2 Å². The van der Waals surface area contributed by atoms with Crippen LogP contribution in [0.4, 0.5) is 5.69 Å². The number of nitrogens with two attached hydrogens (primary N) is 1. The summed E-state index contributed by atoms with van der Waals surface area (Å²) in [6.45, 7) is 3.66. The van der Waals surface area contributed by atoms with E-state index in [2.05, 4.69) is 5.32 Å². The Kier molecular flexibility index (Phi) is 6.37. The molecule has 0 bridgehead atoms. The average Bonchev–Trinajstić information content (AvgIpc) is 2.44. The Hall–Kier alpha value is -2.57. The normalized spacial score (nSPS) is 11.5. The zero-order valence-corrected chi connectivity index (χ0v) is 12.6. The molecule has 120 valence electrons. The van der Waals surface area contributed by atoms with Crippen molar-refractivity contribution in [2.45, 2.75) is 32.7 Å². The molecule has 1 aromatic carbocycles. The lowest BCUT2D eigenvalue weighted by Crippen LogP contribution is -2.31. The van der Waals surface area contributed by atoms with E-state index in [0.29, 0.717) is 16.8 Å². The van der Waals surface area contributed by atoms with Crippen LogP contribution in [-0.2, 0) is 14.3 Å². The lowest BCUT2D eigenvalue weighted by molar-refractivity contribution is -0.138. The van der Waals surface area contributed by atoms with Crippen molar-refractivity contribution in [3.05, 3.63) is 29.3 Å². The van der Waals surface area contributed by atoms with Gasteiger partial charge in [0.25, 0.3) is 0 Å². The maximum absolute atomic E-state index is 11.8. The first-order valence-corrected chi connectivity index (χ1v) is 6.91. The summed E-state index contributed by atoms with van der Waals surface area (Å²) in [5.41, 5.74) is 6.50. The first-order chi connectivity index (χ1) is 10.4.